The van der Waals surface area contributed by atoms with Crippen LogP contribution in [0.1, 0.15) is 18.4 Å². The fourth-order valence-corrected chi connectivity index (χ4v) is 1.64. The maximum atomic E-state index is 10.0. The van der Waals surface area contributed by atoms with E-state index < -0.39 is 0 Å². The van der Waals surface area contributed by atoms with Gasteiger partial charge in [0.25, 0.3) is 0 Å². The van der Waals surface area contributed by atoms with Crippen LogP contribution in [0.3, 0.4) is 0 Å². The summed E-state index contributed by atoms with van der Waals surface area (Å²) in [6.07, 6.45) is 3.98. The van der Waals surface area contributed by atoms with Crippen LogP contribution >= 0.6 is 11.6 Å². The first-order chi connectivity index (χ1) is 7.81. The number of hydrogen-bond acceptors (Lipinski definition) is 3. The van der Waals surface area contributed by atoms with Crippen LogP contribution in [-0.4, -0.2) is 12.7 Å². The standard InChI is InChI=1S/C12H12ClNO2/c13-12-10(6-14-8-15)2-1-3-11(12)16-7-9-4-5-9/h1-3,9H,4-7H2. The highest BCUT2D eigenvalue weighted by atomic mass is 35.5. The second-order valence-electron chi connectivity index (χ2n) is 3.89. The van der Waals surface area contributed by atoms with Crippen molar-refractivity contribution in [2.45, 2.75) is 19.4 Å². The third-order valence-corrected chi connectivity index (χ3v) is 2.96. The summed E-state index contributed by atoms with van der Waals surface area (Å²) >= 11 is 6.13. The lowest BCUT2D eigenvalue weighted by Gasteiger charge is -2.09. The average molecular weight is 238 g/mol. The zero-order valence-corrected chi connectivity index (χ0v) is 9.54. The molecule has 1 aromatic carbocycles. The summed E-state index contributed by atoms with van der Waals surface area (Å²) in [5.74, 6) is 1.36. The number of benzene rings is 1. The summed E-state index contributed by atoms with van der Waals surface area (Å²) in [4.78, 5) is 13.5. The van der Waals surface area contributed by atoms with Crippen molar-refractivity contribution in [2.24, 2.45) is 10.9 Å². The minimum absolute atomic E-state index is 0.253. The predicted molar refractivity (Wildman–Crippen MR) is 61.5 cm³/mol. The zero-order chi connectivity index (χ0) is 11.4. The molecular weight excluding hydrogens is 226 g/mol. The third-order valence-electron chi connectivity index (χ3n) is 2.53. The first-order valence-electron chi connectivity index (χ1n) is 5.25. The molecule has 0 atom stereocenters. The number of nitrogens with zero attached hydrogens (tertiary/aromatic N) is 1. The van der Waals surface area contributed by atoms with Crippen molar-refractivity contribution in [1.29, 1.82) is 0 Å². The van der Waals surface area contributed by atoms with E-state index in [4.69, 9.17) is 16.3 Å². The van der Waals surface area contributed by atoms with E-state index in [1.165, 1.54) is 18.9 Å². The van der Waals surface area contributed by atoms with Gasteiger partial charge in [0.05, 0.1) is 18.2 Å². The molecule has 3 nitrogen and oxygen atoms in total. The molecule has 1 aliphatic carbocycles. The molecule has 16 heavy (non-hydrogen) atoms. The second-order valence-corrected chi connectivity index (χ2v) is 4.27. The van der Waals surface area contributed by atoms with E-state index in [0.717, 1.165) is 12.2 Å². The third kappa shape index (κ3) is 2.84. The van der Waals surface area contributed by atoms with Crippen molar-refractivity contribution in [1.82, 2.24) is 0 Å². The van der Waals surface area contributed by atoms with Gasteiger partial charge in [-0.05, 0) is 30.4 Å². The van der Waals surface area contributed by atoms with Crippen LogP contribution in [0.25, 0.3) is 0 Å². The zero-order valence-electron chi connectivity index (χ0n) is 8.78. The van der Waals surface area contributed by atoms with Gasteiger partial charge in [0.15, 0.2) is 0 Å². The van der Waals surface area contributed by atoms with Crippen molar-refractivity contribution < 1.29 is 9.53 Å². The van der Waals surface area contributed by atoms with Gasteiger partial charge in [-0.25, -0.2) is 9.79 Å². The second kappa shape index (κ2) is 5.15. The number of carbonyl (C=O) groups excluding carboxylic acids is 1. The molecule has 1 saturated carbocycles. The van der Waals surface area contributed by atoms with Gasteiger partial charge < -0.3 is 4.74 Å². The number of rotatable bonds is 5. The summed E-state index contributed by atoms with van der Waals surface area (Å²) in [6, 6.07) is 5.51. The smallest absolute Gasteiger partial charge is 0.235 e. The van der Waals surface area contributed by atoms with E-state index in [0.29, 0.717) is 16.7 Å². The molecular formula is C12H12ClNO2. The number of halogens is 1. The Balaban J connectivity index is 2.07. The first kappa shape index (κ1) is 11.2. The maximum absolute atomic E-state index is 10.0. The molecule has 0 aromatic heterocycles. The van der Waals surface area contributed by atoms with E-state index in [9.17, 15) is 4.79 Å². The van der Waals surface area contributed by atoms with E-state index in [-0.39, 0.29) is 6.54 Å². The minimum Gasteiger partial charge on any atom is -0.492 e. The van der Waals surface area contributed by atoms with Crippen LogP contribution in [-0.2, 0) is 11.3 Å². The quantitative estimate of drug-likeness (QED) is 0.583. The summed E-state index contributed by atoms with van der Waals surface area (Å²) in [5, 5.41) is 0.544. The summed E-state index contributed by atoms with van der Waals surface area (Å²) in [6.45, 7) is 0.975. The highest BCUT2D eigenvalue weighted by molar-refractivity contribution is 6.32. The van der Waals surface area contributed by atoms with Crippen LogP contribution in [0.2, 0.25) is 5.02 Å². The van der Waals surface area contributed by atoms with E-state index in [1.54, 1.807) is 0 Å². The molecule has 0 unspecified atom stereocenters. The monoisotopic (exact) mass is 237 g/mol. The Bertz CT molecular complexity index is 423. The number of isocyanates is 1. The lowest BCUT2D eigenvalue weighted by atomic mass is 10.2. The maximum Gasteiger partial charge on any atom is 0.235 e. The van der Waals surface area contributed by atoms with Crippen molar-refractivity contribution in [3.63, 3.8) is 0 Å². The molecule has 0 spiro atoms. The van der Waals surface area contributed by atoms with E-state index in [2.05, 4.69) is 4.99 Å². The van der Waals surface area contributed by atoms with Gasteiger partial charge in [-0.3, -0.25) is 0 Å². The van der Waals surface area contributed by atoms with Crippen LogP contribution in [0.5, 0.6) is 5.75 Å². The molecule has 0 heterocycles. The SMILES string of the molecule is O=C=NCc1cccc(OCC2CC2)c1Cl. The summed E-state index contributed by atoms with van der Waals surface area (Å²) in [5.41, 5.74) is 0.790. The van der Waals surface area contributed by atoms with Crippen LogP contribution in [0, 0.1) is 5.92 Å². The Kier molecular flexibility index (Phi) is 3.60. The Morgan fingerprint density at radius 1 is 1.50 bits per heavy atom. The lowest BCUT2D eigenvalue weighted by Crippen LogP contribution is -2.00. The van der Waals surface area contributed by atoms with Gasteiger partial charge in [0.2, 0.25) is 6.08 Å². The number of aliphatic imine (C=N–C) groups is 1. The van der Waals surface area contributed by atoms with Gasteiger partial charge in [-0.15, -0.1) is 0 Å². The molecule has 0 saturated heterocycles. The molecule has 0 N–H and O–H groups in total. The Morgan fingerprint density at radius 3 is 3.00 bits per heavy atom. The van der Waals surface area contributed by atoms with E-state index in [1.807, 2.05) is 18.2 Å². The predicted octanol–water partition coefficient (Wildman–Crippen LogP) is 2.96. The molecule has 0 amide bonds. The molecule has 84 valence electrons. The number of hydrogen-bond donors (Lipinski definition) is 0. The minimum atomic E-state index is 0.253. The molecule has 1 fully saturated rings. The molecule has 0 radical (unpaired) electrons. The highest BCUT2D eigenvalue weighted by Gasteiger charge is 2.22. The van der Waals surface area contributed by atoms with Gasteiger partial charge in [0, 0.05) is 0 Å². The molecule has 2 rings (SSSR count). The molecule has 1 aliphatic rings. The van der Waals surface area contributed by atoms with Gasteiger partial charge in [-0.1, -0.05) is 23.7 Å². The molecule has 0 bridgehead atoms. The van der Waals surface area contributed by atoms with Gasteiger partial charge in [-0.2, -0.15) is 0 Å². The first-order valence-corrected chi connectivity index (χ1v) is 5.63. The van der Waals surface area contributed by atoms with Crippen LogP contribution in [0.4, 0.5) is 0 Å². The van der Waals surface area contributed by atoms with Gasteiger partial charge in [0.1, 0.15) is 5.75 Å². The average Bonchev–Trinajstić information content (AvgIpc) is 3.10. The Labute approximate surface area is 99.1 Å². The summed E-state index contributed by atoms with van der Waals surface area (Å²) in [7, 11) is 0. The Hall–Kier alpha value is -1.31. The normalized spacial score (nSPS) is 14.3. The fourth-order valence-electron chi connectivity index (χ4n) is 1.40. The Morgan fingerprint density at radius 2 is 2.31 bits per heavy atom. The topological polar surface area (TPSA) is 38.7 Å². The van der Waals surface area contributed by atoms with Crippen molar-refractivity contribution in [3.8, 4) is 5.75 Å². The largest absolute Gasteiger partial charge is 0.492 e. The van der Waals surface area contributed by atoms with Crippen LogP contribution < -0.4 is 4.74 Å². The van der Waals surface area contributed by atoms with Crippen molar-refractivity contribution >= 4 is 17.7 Å². The van der Waals surface area contributed by atoms with Gasteiger partial charge >= 0.3 is 0 Å². The van der Waals surface area contributed by atoms with Crippen LogP contribution in [0.15, 0.2) is 23.2 Å². The molecule has 0 aliphatic heterocycles. The molecule has 4 heteroatoms. The van der Waals surface area contributed by atoms with Crippen molar-refractivity contribution in [2.75, 3.05) is 6.61 Å². The molecule has 1 aromatic rings. The summed E-state index contributed by atoms with van der Waals surface area (Å²) < 4.78 is 5.61. The number of ether oxygens (including phenoxy) is 1. The van der Waals surface area contributed by atoms with Crippen molar-refractivity contribution in [3.05, 3.63) is 28.8 Å². The lowest BCUT2D eigenvalue weighted by molar-refractivity contribution is 0.299. The highest BCUT2D eigenvalue weighted by Crippen LogP contribution is 2.33. The van der Waals surface area contributed by atoms with E-state index >= 15 is 0 Å². The fraction of sp³-hybridized carbons (Fsp3) is 0.417.